The van der Waals surface area contributed by atoms with Crippen LogP contribution in [-0.2, 0) is 6.42 Å². The van der Waals surface area contributed by atoms with Gasteiger partial charge in [0, 0.05) is 30.9 Å². The number of pyridine rings is 1. The number of carbonyl (C=O) groups excluding carboxylic acids is 1. The fourth-order valence-corrected chi connectivity index (χ4v) is 3.64. The van der Waals surface area contributed by atoms with Crippen molar-refractivity contribution in [1.29, 1.82) is 0 Å². The zero-order valence-electron chi connectivity index (χ0n) is 15.2. The van der Waals surface area contributed by atoms with Crippen molar-refractivity contribution in [2.24, 2.45) is 0 Å². The average molecular weight is 364 g/mol. The van der Waals surface area contributed by atoms with Gasteiger partial charge in [-0.1, -0.05) is 13.0 Å². The van der Waals surface area contributed by atoms with Gasteiger partial charge < -0.3 is 4.90 Å². The molecule has 1 aromatic carbocycles. The Kier molecular flexibility index (Phi) is 4.71. The van der Waals surface area contributed by atoms with Gasteiger partial charge in [-0.2, -0.15) is 0 Å². The van der Waals surface area contributed by atoms with Gasteiger partial charge in [-0.25, -0.2) is 14.4 Å². The lowest BCUT2D eigenvalue weighted by molar-refractivity contribution is 0.0733. The van der Waals surface area contributed by atoms with E-state index < -0.39 is 0 Å². The zero-order valence-corrected chi connectivity index (χ0v) is 15.2. The minimum atomic E-state index is -0.342. The SMILES string of the molecule is CCc1nccn1-c1cccc([C@@H]2CCCN2C(=O)c2ccc(F)cc2)n1. The van der Waals surface area contributed by atoms with Crippen LogP contribution in [0, 0.1) is 5.82 Å². The molecule has 3 heterocycles. The first-order valence-corrected chi connectivity index (χ1v) is 9.23. The van der Waals surface area contributed by atoms with Gasteiger partial charge in [-0.3, -0.25) is 9.36 Å². The Morgan fingerprint density at radius 1 is 1.22 bits per heavy atom. The minimum Gasteiger partial charge on any atom is -0.330 e. The van der Waals surface area contributed by atoms with Gasteiger partial charge in [0.25, 0.3) is 5.91 Å². The number of benzene rings is 1. The van der Waals surface area contributed by atoms with E-state index in [-0.39, 0.29) is 17.8 Å². The molecule has 1 aliphatic rings. The van der Waals surface area contributed by atoms with Gasteiger partial charge in [0.05, 0.1) is 11.7 Å². The van der Waals surface area contributed by atoms with Crippen LogP contribution in [0.1, 0.15) is 47.7 Å². The number of aromatic nitrogens is 3. The zero-order chi connectivity index (χ0) is 18.8. The molecule has 1 fully saturated rings. The summed E-state index contributed by atoms with van der Waals surface area (Å²) in [6.45, 7) is 2.74. The molecule has 2 aromatic heterocycles. The highest BCUT2D eigenvalue weighted by atomic mass is 19.1. The van der Waals surface area contributed by atoms with E-state index in [1.165, 1.54) is 24.3 Å². The molecule has 0 unspecified atom stereocenters. The van der Waals surface area contributed by atoms with Crippen LogP contribution in [0.15, 0.2) is 54.9 Å². The summed E-state index contributed by atoms with van der Waals surface area (Å²) in [5.74, 6) is 1.33. The van der Waals surface area contributed by atoms with Gasteiger partial charge >= 0.3 is 0 Å². The molecule has 6 heteroatoms. The monoisotopic (exact) mass is 364 g/mol. The van der Waals surface area contributed by atoms with E-state index in [1.54, 1.807) is 6.20 Å². The first-order chi connectivity index (χ1) is 13.2. The highest BCUT2D eigenvalue weighted by molar-refractivity contribution is 5.94. The van der Waals surface area contributed by atoms with Gasteiger partial charge in [-0.15, -0.1) is 0 Å². The van der Waals surface area contributed by atoms with Crippen LogP contribution < -0.4 is 0 Å². The Bertz CT molecular complexity index is 951. The number of likely N-dealkylation sites (tertiary alicyclic amines) is 1. The van der Waals surface area contributed by atoms with Gasteiger partial charge in [-0.05, 0) is 49.2 Å². The smallest absolute Gasteiger partial charge is 0.254 e. The molecule has 1 aliphatic heterocycles. The second-order valence-corrected chi connectivity index (χ2v) is 6.65. The number of imidazole rings is 1. The lowest BCUT2D eigenvalue weighted by Crippen LogP contribution is -2.31. The highest BCUT2D eigenvalue weighted by Crippen LogP contribution is 2.32. The third-order valence-corrected chi connectivity index (χ3v) is 4.98. The maximum absolute atomic E-state index is 13.2. The fraction of sp³-hybridized carbons (Fsp3) is 0.286. The number of amides is 1. The average Bonchev–Trinajstić information content (AvgIpc) is 3.37. The van der Waals surface area contributed by atoms with Gasteiger partial charge in [0.15, 0.2) is 0 Å². The van der Waals surface area contributed by atoms with Crippen LogP contribution >= 0.6 is 0 Å². The predicted molar refractivity (Wildman–Crippen MR) is 100 cm³/mol. The fourth-order valence-electron chi connectivity index (χ4n) is 3.64. The van der Waals surface area contributed by atoms with Crippen molar-refractivity contribution >= 4 is 5.91 Å². The molecule has 0 spiro atoms. The van der Waals surface area contributed by atoms with Crippen molar-refractivity contribution in [3.63, 3.8) is 0 Å². The quantitative estimate of drug-likeness (QED) is 0.704. The molecule has 0 saturated carbocycles. The summed E-state index contributed by atoms with van der Waals surface area (Å²) >= 11 is 0. The molecule has 0 radical (unpaired) electrons. The molecular weight excluding hydrogens is 343 g/mol. The molecule has 0 aliphatic carbocycles. The van der Waals surface area contributed by atoms with Gasteiger partial charge in [0.1, 0.15) is 17.5 Å². The van der Waals surface area contributed by atoms with Crippen LogP contribution in [0.25, 0.3) is 5.82 Å². The van der Waals surface area contributed by atoms with Crippen LogP contribution in [0.3, 0.4) is 0 Å². The van der Waals surface area contributed by atoms with Crippen LogP contribution in [0.4, 0.5) is 4.39 Å². The molecule has 5 nitrogen and oxygen atoms in total. The van der Waals surface area contributed by atoms with Crippen LogP contribution in [0.2, 0.25) is 0 Å². The van der Waals surface area contributed by atoms with Crippen molar-refractivity contribution in [3.05, 3.63) is 77.8 Å². The van der Waals surface area contributed by atoms with Crippen molar-refractivity contribution in [1.82, 2.24) is 19.4 Å². The van der Waals surface area contributed by atoms with Crippen molar-refractivity contribution in [2.75, 3.05) is 6.54 Å². The van der Waals surface area contributed by atoms with Crippen molar-refractivity contribution in [3.8, 4) is 5.82 Å². The summed E-state index contributed by atoms with van der Waals surface area (Å²) in [7, 11) is 0. The Labute approximate surface area is 157 Å². The second-order valence-electron chi connectivity index (χ2n) is 6.65. The summed E-state index contributed by atoms with van der Waals surface area (Å²) < 4.78 is 15.1. The number of carbonyl (C=O) groups is 1. The van der Waals surface area contributed by atoms with Crippen molar-refractivity contribution in [2.45, 2.75) is 32.2 Å². The van der Waals surface area contributed by atoms with E-state index in [9.17, 15) is 9.18 Å². The lowest BCUT2D eigenvalue weighted by atomic mass is 10.1. The summed E-state index contributed by atoms with van der Waals surface area (Å²) in [6, 6.07) is 11.5. The van der Waals surface area contributed by atoms with Gasteiger partial charge in [0.2, 0.25) is 0 Å². The topological polar surface area (TPSA) is 51.0 Å². The number of halogens is 1. The van der Waals surface area contributed by atoms with Crippen LogP contribution in [-0.4, -0.2) is 31.9 Å². The Morgan fingerprint density at radius 3 is 2.81 bits per heavy atom. The summed E-state index contributed by atoms with van der Waals surface area (Å²) in [5, 5.41) is 0. The maximum atomic E-state index is 13.2. The van der Waals surface area contributed by atoms with E-state index in [1.807, 2.05) is 33.9 Å². The molecule has 4 rings (SSSR count). The first kappa shape index (κ1) is 17.4. The predicted octanol–water partition coefficient (Wildman–Crippen LogP) is 3.95. The molecule has 1 amide bonds. The maximum Gasteiger partial charge on any atom is 0.254 e. The largest absolute Gasteiger partial charge is 0.330 e. The minimum absolute atomic E-state index is 0.0731. The number of hydrogen-bond acceptors (Lipinski definition) is 3. The lowest BCUT2D eigenvalue weighted by Gasteiger charge is -2.25. The number of hydrogen-bond donors (Lipinski definition) is 0. The van der Waals surface area contributed by atoms with E-state index in [2.05, 4.69) is 11.9 Å². The normalized spacial score (nSPS) is 16.7. The van der Waals surface area contributed by atoms with E-state index in [4.69, 9.17) is 4.98 Å². The van der Waals surface area contributed by atoms with Crippen molar-refractivity contribution < 1.29 is 9.18 Å². The summed E-state index contributed by atoms with van der Waals surface area (Å²) in [4.78, 5) is 23.9. The van der Waals surface area contributed by atoms with E-state index in [0.717, 1.165) is 36.6 Å². The Hall–Kier alpha value is -3.02. The third kappa shape index (κ3) is 3.35. The number of aryl methyl sites for hydroxylation is 1. The third-order valence-electron chi connectivity index (χ3n) is 4.98. The molecule has 3 aromatic rings. The van der Waals surface area contributed by atoms with E-state index >= 15 is 0 Å². The van der Waals surface area contributed by atoms with Crippen LogP contribution in [0.5, 0.6) is 0 Å². The standard InChI is InChI=1S/C21H21FN4O/c1-2-19-23-12-14-26(19)20-7-3-5-17(24-20)18-6-4-13-25(18)21(27)15-8-10-16(22)11-9-15/h3,5,7-12,14,18H,2,4,6,13H2,1H3/t18-/m0/s1. The Morgan fingerprint density at radius 2 is 2.04 bits per heavy atom. The molecule has 138 valence electrons. The first-order valence-electron chi connectivity index (χ1n) is 9.23. The molecule has 1 saturated heterocycles. The molecule has 0 N–H and O–H groups in total. The summed E-state index contributed by atoms with van der Waals surface area (Å²) in [5.41, 5.74) is 1.37. The number of nitrogens with zero attached hydrogens (tertiary/aromatic N) is 4. The molecular formula is C21H21FN4O. The summed E-state index contributed by atoms with van der Waals surface area (Å²) in [6.07, 6.45) is 6.29. The molecule has 0 bridgehead atoms. The highest BCUT2D eigenvalue weighted by Gasteiger charge is 2.31. The Balaban J connectivity index is 1.63. The molecule has 1 atom stereocenters. The second kappa shape index (κ2) is 7.31. The molecule has 27 heavy (non-hydrogen) atoms. The number of rotatable bonds is 4. The van der Waals surface area contributed by atoms with E-state index in [0.29, 0.717) is 12.1 Å².